The van der Waals surface area contributed by atoms with Crippen LogP contribution in [0.15, 0.2) is 151 Å². The Kier molecular flexibility index (Phi) is 28.4. The summed E-state index contributed by atoms with van der Waals surface area (Å²) in [5.41, 5.74) is 16.9. The average molecular weight is 1180 g/mol. The van der Waals surface area contributed by atoms with Crippen LogP contribution in [0.5, 0.6) is 46.0 Å². The number of hydrogen-bond donors (Lipinski definition) is 6. The average Bonchev–Trinajstić information content (AvgIpc) is 4.10. The summed E-state index contributed by atoms with van der Waals surface area (Å²) in [6.07, 6.45) is 11.7. The van der Waals surface area contributed by atoms with Crippen molar-refractivity contribution in [3.05, 3.63) is 182 Å². The molecule has 27 nitrogen and oxygen atoms in total. The maximum absolute atomic E-state index is 12.1. The Morgan fingerprint density at radius 3 is 1.44 bits per heavy atom. The van der Waals surface area contributed by atoms with E-state index in [0.29, 0.717) is 79.9 Å². The predicted molar refractivity (Wildman–Crippen MR) is 319 cm³/mol. The first-order valence-corrected chi connectivity index (χ1v) is 24.4. The van der Waals surface area contributed by atoms with Gasteiger partial charge in [0.05, 0.1) is 113 Å². The summed E-state index contributed by atoms with van der Waals surface area (Å²) in [6.45, 7) is 1.43. The summed E-state index contributed by atoms with van der Waals surface area (Å²) in [7, 11) is 13.6. The van der Waals surface area contributed by atoms with E-state index >= 15 is 0 Å². The van der Waals surface area contributed by atoms with Crippen molar-refractivity contribution in [1.29, 1.82) is 5.26 Å². The molecule has 5 heterocycles. The molecule has 9 aromatic rings. The van der Waals surface area contributed by atoms with Crippen molar-refractivity contribution < 1.29 is 52.8 Å². The van der Waals surface area contributed by atoms with Gasteiger partial charge in [0.1, 0.15) is 23.1 Å². The Bertz CT molecular complexity index is 3640. The van der Waals surface area contributed by atoms with E-state index in [2.05, 4.69) is 35.6 Å². The largest absolute Gasteiger partial charge is 0.493 e. The monoisotopic (exact) mass is 1180 g/mol. The summed E-state index contributed by atoms with van der Waals surface area (Å²) in [5, 5.41) is 41.6. The Morgan fingerprint density at radius 1 is 0.560 bits per heavy atom. The van der Waals surface area contributed by atoms with Gasteiger partial charge in [-0.25, -0.2) is 4.79 Å². The fraction of sp³-hybridized carbons (Fsp3) is 0.179. The molecule has 84 heavy (non-hydrogen) atoms. The lowest BCUT2D eigenvalue weighted by Crippen LogP contribution is -2.14. The van der Waals surface area contributed by atoms with Crippen LogP contribution >= 0.6 is 11.6 Å². The number of nitrogens with zero attached hydrogens (tertiary/aromatic N) is 8. The zero-order valence-corrected chi connectivity index (χ0v) is 48.0. The van der Waals surface area contributed by atoms with Gasteiger partial charge in [0, 0.05) is 80.1 Å². The third kappa shape index (κ3) is 19.6. The second kappa shape index (κ2) is 35.5. The number of nitriles is 1. The number of benzene rings is 4. The number of halogens is 1. The van der Waals surface area contributed by atoms with Crippen molar-refractivity contribution in [1.82, 2.24) is 29.5 Å². The number of H-pyrrole nitrogens is 1. The summed E-state index contributed by atoms with van der Waals surface area (Å²) in [6, 6.07) is 29.6. The number of fused-ring (bicyclic) bond motifs is 1. The van der Waals surface area contributed by atoms with E-state index in [9.17, 15) is 25.0 Å². The third-order valence-electron chi connectivity index (χ3n) is 10.6. The van der Waals surface area contributed by atoms with Crippen LogP contribution in [0.4, 0.5) is 45.5 Å². The molecule has 8 N–H and O–H groups in total. The number of aliphatic hydroxyl groups excluding tert-OH is 1. The van der Waals surface area contributed by atoms with E-state index in [-0.39, 0.29) is 22.1 Å². The number of hydrogen-bond acceptors (Lipinski definition) is 23. The van der Waals surface area contributed by atoms with Crippen molar-refractivity contribution in [3.63, 3.8) is 0 Å². The molecular weight excluding hydrogens is 1110 g/mol. The number of nitrogens with two attached hydrogens (primary N) is 2. The molecule has 0 aliphatic heterocycles. The molecule has 4 aromatic carbocycles. The molecule has 0 atom stereocenters. The summed E-state index contributed by atoms with van der Waals surface area (Å²) in [5.74, 6) is 5.01. The van der Waals surface area contributed by atoms with Crippen LogP contribution in [0.1, 0.15) is 6.92 Å². The highest BCUT2D eigenvalue weighted by Crippen LogP contribution is 2.35. The molecular formula is C56H62ClN13O14. The first-order valence-electron chi connectivity index (χ1n) is 24.0. The third-order valence-corrected chi connectivity index (χ3v) is 11.0. The lowest BCUT2D eigenvalue weighted by atomic mass is 10.2. The minimum absolute atomic E-state index is 0.0951. The molecule has 442 valence electrons. The fourth-order valence-corrected chi connectivity index (χ4v) is 7.01. The Balaban J connectivity index is 0.000000276. The summed E-state index contributed by atoms with van der Waals surface area (Å²) >= 11 is 5.44. The van der Waals surface area contributed by atoms with Gasteiger partial charge in [0.2, 0.25) is 0 Å². The number of methoxy groups -OCH3 is 8. The number of nitro groups is 2. The van der Waals surface area contributed by atoms with Gasteiger partial charge in [-0.3, -0.25) is 44.7 Å². The van der Waals surface area contributed by atoms with Crippen LogP contribution in [0, 0.1) is 31.6 Å². The van der Waals surface area contributed by atoms with Crippen molar-refractivity contribution in [3.8, 4) is 57.8 Å². The standard InChI is InChI=1S/C14H13N3O3.C13H13N3O4.C13H15N3O2.C8H11NO2.C5H3ClN2O2.C2H3N.CH4O/c1-19-12-4-3-9(7-13(12)20-2)17-11-5-6-15-8-10(11)16-14(17)18;1-19-12-4-3-9(7-13(12)20-2)15-10-5-6-14-8-11(10)16(17)18;1-17-12-4-3-9(7-13(12)18-2)16-11-5-6-15-8-10(11)14;1-10-7-4-3-6(9)5-8(7)11-2;6-4-1-2-7-3-5(4)8(9)10;1-2-3;1-2/h3-8H,1-2H3,(H,16,18);3-8H,1-2H3,(H,14,15);3-8H,14H2,1-2H3,(H,15,16);3-5H,9H2,1-2H3;1-3H;1H3;2H,1H3. The van der Waals surface area contributed by atoms with E-state index in [4.69, 9.17) is 71.3 Å². The second-order valence-corrected chi connectivity index (χ2v) is 16.0. The van der Waals surface area contributed by atoms with Crippen molar-refractivity contribution >= 4 is 68.1 Å². The molecule has 0 bridgehead atoms. The number of pyridine rings is 4. The molecule has 0 saturated heterocycles. The zero-order valence-electron chi connectivity index (χ0n) is 47.2. The van der Waals surface area contributed by atoms with E-state index in [0.717, 1.165) is 30.2 Å². The number of ether oxygens (including phenoxy) is 8. The molecule has 0 amide bonds. The SMILES string of the molecule is CC#N.CO.COc1ccc(-n2c(=O)[nH]c3cnccc32)cc1OC.COc1ccc(N)cc1OC.COc1ccc(Nc2ccncc2N)cc1OC.COc1ccc(Nc2ccncc2[N+](=O)[O-])cc1OC.O=[N+]([O-])c1cnccc1Cl. The number of aromatic amines is 1. The van der Waals surface area contributed by atoms with E-state index in [1.54, 1.807) is 146 Å². The molecule has 0 aliphatic carbocycles. The predicted octanol–water partition coefficient (Wildman–Crippen LogP) is 9.97. The van der Waals surface area contributed by atoms with Gasteiger partial charge in [0.25, 0.3) is 0 Å². The number of aromatic nitrogens is 6. The van der Waals surface area contributed by atoms with Gasteiger partial charge in [-0.15, -0.1) is 0 Å². The van der Waals surface area contributed by atoms with Gasteiger partial charge < -0.3 is 70.1 Å². The number of nitrogens with one attached hydrogen (secondary N) is 3. The normalized spacial score (nSPS) is 9.51. The highest BCUT2D eigenvalue weighted by molar-refractivity contribution is 6.32. The number of imidazole rings is 1. The molecule has 0 aliphatic rings. The molecule has 0 fully saturated rings. The number of rotatable bonds is 15. The smallest absolute Gasteiger partial charge is 0.331 e. The quantitative estimate of drug-likeness (QED) is 0.0316. The minimum atomic E-state index is -0.574. The number of anilines is 6. The van der Waals surface area contributed by atoms with Crippen molar-refractivity contribution in [2.24, 2.45) is 0 Å². The van der Waals surface area contributed by atoms with Gasteiger partial charge >= 0.3 is 17.1 Å². The van der Waals surface area contributed by atoms with Gasteiger partial charge in [-0.1, -0.05) is 11.6 Å². The number of nitrogen functional groups attached to an aromatic ring is 2. The first-order chi connectivity index (χ1) is 40.5. The van der Waals surface area contributed by atoms with Crippen molar-refractivity contribution in [2.75, 3.05) is 86.1 Å². The van der Waals surface area contributed by atoms with Crippen LogP contribution in [-0.2, 0) is 0 Å². The lowest BCUT2D eigenvalue weighted by molar-refractivity contribution is -0.385. The molecule has 0 saturated carbocycles. The Labute approximate surface area is 487 Å². The molecule has 9 rings (SSSR count). The first kappa shape index (κ1) is 67.2. The molecule has 5 aromatic heterocycles. The lowest BCUT2D eigenvalue weighted by Gasteiger charge is -2.12. The second-order valence-electron chi connectivity index (χ2n) is 15.6. The number of aliphatic hydroxyl groups is 1. The molecule has 0 spiro atoms. The van der Waals surface area contributed by atoms with Crippen LogP contribution < -0.4 is 65.7 Å². The van der Waals surface area contributed by atoms with Crippen LogP contribution in [0.3, 0.4) is 0 Å². The van der Waals surface area contributed by atoms with Crippen molar-refractivity contribution in [2.45, 2.75) is 6.92 Å². The topological polar surface area (TPSA) is 370 Å². The van der Waals surface area contributed by atoms with Crippen LogP contribution in [0.2, 0.25) is 5.02 Å². The highest BCUT2D eigenvalue weighted by atomic mass is 35.5. The van der Waals surface area contributed by atoms with E-state index in [1.165, 1.54) is 44.8 Å². The molecule has 28 heteroatoms. The maximum Gasteiger partial charge on any atom is 0.331 e. The van der Waals surface area contributed by atoms with Crippen LogP contribution in [0.25, 0.3) is 16.7 Å². The van der Waals surface area contributed by atoms with E-state index < -0.39 is 9.85 Å². The van der Waals surface area contributed by atoms with E-state index in [1.807, 2.05) is 24.3 Å². The zero-order chi connectivity index (χ0) is 62.1. The summed E-state index contributed by atoms with van der Waals surface area (Å²) < 4.78 is 42.8. The Hall–Kier alpha value is -11.1. The van der Waals surface area contributed by atoms with Gasteiger partial charge in [-0.2, -0.15) is 5.26 Å². The molecule has 0 radical (unpaired) electrons. The molecule has 0 unspecified atom stereocenters. The van der Waals surface area contributed by atoms with Gasteiger partial charge in [-0.05, 0) is 72.8 Å². The Morgan fingerprint density at radius 2 is 0.964 bits per heavy atom. The highest BCUT2D eigenvalue weighted by Gasteiger charge is 2.16. The fourth-order valence-electron chi connectivity index (χ4n) is 6.83. The van der Waals surface area contributed by atoms with Gasteiger partial charge in [0.15, 0.2) is 46.0 Å². The minimum Gasteiger partial charge on any atom is -0.493 e. The summed E-state index contributed by atoms with van der Waals surface area (Å²) in [4.78, 5) is 50.0. The van der Waals surface area contributed by atoms with Crippen LogP contribution in [-0.4, -0.2) is 108 Å². The maximum atomic E-state index is 12.1.